The lowest BCUT2D eigenvalue weighted by atomic mass is 9.94. The van der Waals surface area contributed by atoms with Crippen molar-refractivity contribution in [2.75, 3.05) is 0 Å². The van der Waals surface area contributed by atoms with Crippen LogP contribution in [0.3, 0.4) is 0 Å². The van der Waals surface area contributed by atoms with Gasteiger partial charge in [-0.3, -0.25) is 4.68 Å². The van der Waals surface area contributed by atoms with Crippen LogP contribution in [0, 0.1) is 0 Å². The second kappa shape index (κ2) is 5.00. The summed E-state index contributed by atoms with van der Waals surface area (Å²) in [6, 6.07) is 0.562. The highest BCUT2D eigenvalue weighted by Crippen LogP contribution is 2.31. The monoisotopic (exact) mass is 222 g/mol. The van der Waals surface area contributed by atoms with Gasteiger partial charge in [0, 0.05) is 11.3 Å². The van der Waals surface area contributed by atoms with Crippen LogP contribution in [0.5, 0.6) is 0 Å². The molecular weight excluding hydrogens is 200 g/mol. The van der Waals surface area contributed by atoms with Crippen LogP contribution in [0.2, 0.25) is 0 Å². The molecule has 0 bridgehead atoms. The second-order valence-electron chi connectivity index (χ2n) is 5.10. The molecule has 3 nitrogen and oxygen atoms in total. The molecule has 0 spiro atoms. The third-order valence-electron chi connectivity index (χ3n) is 3.55. The Kier molecular flexibility index (Phi) is 3.64. The maximum atomic E-state index is 9.33. The van der Waals surface area contributed by atoms with Crippen molar-refractivity contribution in [2.45, 2.75) is 64.5 Å². The predicted octanol–water partition coefficient (Wildman–Crippen LogP) is 3.00. The Bertz CT molecular complexity index is 338. The van der Waals surface area contributed by atoms with Crippen LogP contribution in [0.1, 0.15) is 69.2 Å². The number of aliphatic hydroxyl groups excluding tert-OH is 1. The standard InChI is InChI=1S/C13H22N2O/c1-10(2)13-11(9-16)8-14-15(13)12-6-4-3-5-7-12/h8,10,12,16H,3-7,9H2,1-2H3. The number of aliphatic hydroxyl groups is 1. The summed E-state index contributed by atoms with van der Waals surface area (Å²) in [7, 11) is 0. The molecule has 1 heterocycles. The van der Waals surface area contributed by atoms with E-state index < -0.39 is 0 Å². The zero-order chi connectivity index (χ0) is 11.5. The van der Waals surface area contributed by atoms with Gasteiger partial charge in [-0.2, -0.15) is 5.10 Å². The van der Waals surface area contributed by atoms with E-state index in [1.54, 1.807) is 0 Å². The number of rotatable bonds is 3. The van der Waals surface area contributed by atoms with Crippen molar-refractivity contribution in [1.29, 1.82) is 0 Å². The van der Waals surface area contributed by atoms with Crippen molar-refractivity contribution in [3.63, 3.8) is 0 Å². The fourth-order valence-corrected chi connectivity index (χ4v) is 2.78. The Morgan fingerprint density at radius 3 is 2.62 bits per heavy atom. The smallest absolute Gasteiger partial charge is 0.0715 e. The Labute approximate surface area is 97.5 Å². The molecule has 3 heteroatoms. The van der Waals surface area contributed by atoms with Crippen LogP contribution in [-0.2, 0) is 6.61 Å². The van der Waals surface area contributed by atoms with Gasteiger partial charge >= 0.3 is 0 Å². The van der Waals surface area contributed by atoms with E-state index in [2.05, 4.69) is 23.6 Å². The van der Waals surface area contributed by atoms with Crippen molar-refractivity contribution < 1.29 is 5.11 Å². The summed E-state index contributed by atoms with van der Waals surface area (Å²) in [4.78, 5) is 0. The molecule has 0 aromatic carbocycles. The fraction of sp³-hybridized carbons (Fsp3) is 0.769. The molecule has 16 heavy (non-hydrogen) atoms. The van der Waals surface area contributed by atoms with E-state index in [1.807, 2.05) is 6.20 Å². The van der Waals surface area contributed by atoms with Crippen LogP contribution < -0.4 is 0 Å². The Hall–Kier alpha value is -0.830. The van der Waals surface area contributed by atoms with E-state index in [-0.39, 0.29) is 6.61 Å². The molecule has 0 radical (unpaired) electrons. The molecule has 1 N–H and O–H groups in total. The first-order valence-corrected chi connectivity index (χ1v) is 6.41. The molecule has 2 rings (SSSR count). The topological polar surface area (TPSA) is 38.1 Å². The minimum Gasteiger partial charge on any atom is -0.392 e. The molecule has 1 aromatic heterocycles. The minimum atomic E-state index is 0.111. The van der Waals surface area contributed by atoms with Gasteiger partial charge in [-0.15, -0.1) is 0 Å². The van der Waals surface area contributed by atoms with Crippen molar-refractivity contribution in [1.82, 2.24) is 9.78 Å². The summed E-state index contributed by atoms with van der Waals surface area (Å²) in [6.45, 7) is 4.46. The van der Waals surface area contributed by atoms with Gasteiger partial charge in [0.1, 0.15) is 0 Å². The molecular formula is C13H22N2O. The molecule has 1 aromatic rings. The second-order valence-corrected chi connectivity index (χ2v) is 5.10. The molecule has 90 valence electrons. The maximum absolute atomic E-state index is 9.33. The summed E-state index contributed by atoms with van der Waals surface area (Å²) in [5.41, 5.74) is 2.23. The number of aromatic nitrogens is 2. The highest BCUT2D eigenvalue weighted by Gasteiger charge is 2.21. The molecule has 0 saturated heterocycles. The number of hydrogen-bond acceptors (Lipinski definition) is 2. The summed E-state index contributed by atoms with van der Waals surface area (Å²) in [6.07, 6.45) is 8.32. The van der Waals surface area contributed by atoms with Crippen molar-refractivity contribution >= 4 is 0 Å². The lowest BCUT2D eigenvalue weighted by Crippen LogP contribution is -2.17. The molecule has 0 aliphatic heterocycles. The number of nitrogens with zero attached hydrogens (tertiary/aromatic N) is 2. The molecule has 0 amide bonds. The van der Waals surface area contributed by atoms with E-state index >= 15 is 0 Å². The molecule has 1 aliphatic carbocycles. The Balaban J connectivity index is 2.28. The van der Waals surface area contributed by atoms with Gasteiger partial charge in [0.15, 0.2) is 0 Å². The third kappa shape index (κ3) is 2.14. The van der Waals surface area contributed by atoms with Gasteiger partial charge in [-0.1, -0.05) is 33.1 Å². The Morgan fingerprint density at radius 1 is 1.38 bits per heavy atom. The Morgan fingerprint density at radius 2 is 2.06 bits per heavy atom. The van der Waals surface area contributed by atoms with Gasteiger partial charge in [-0.25, -0.2) is 0 Å². The van der Waals surface area contributed by atoms with Crippen LogP contribution in [0.25, 0.3) is 0 Å². The zero-order valence-electron chi connectivity index (χ0n) is 10.3. The van der Waals surface area contributed by atoms with Gasteiger partial charge in [0.25, 0.3) is 0 Å². The first-order chi connectivity index (χ1) is 7.74. The molecule has 1 saturated carbocycles. The average molecular weight is 222 g/mol. The van der Waals surface area contributed by atoms with Gasteiger partial charge in [0.05, 0.1) is 18.8 Å². The summed E-state index contributed by atoms with van der Waals surface area (Å²) < 4.78 is 2.18. The molecule has 1 aliphatic rings. The van der Waals surface area contributed by atoms with Crippen molar-refractivity contribution in [3.8, 4) is 0 Å². The normalized spacial score (nSPS) is 18.2. The van der Waals surface area contributed by atoms with E-state index in [1.165, 1.54) is 37.8 Å². The van der Waals surface area contributed by atoms with Crippen LogP contribution in [0.4, 0.5) is 0 Å². The summed E-state index contributed by atoms with van der Waals surface area (Å²) >= 11 is 0. The summed E-state index contributed by atoms with van der Waals surface area (Å²) in [5, 5.41) is 13.8. The predicted molar refractivity (Wildman–Crippen MR) is 64.4 cm³/mol. The average Bonchev–Trinajstić information content (AvgIpc) is 2.73. The van der Waals surface area contributed by atoms with Crippen LogP contribution in [-0.4, -0.2) is 14.9 Å². The van der Waals surface area contributed by atoms with Gasteiger partial charge in [0.2, 0.25) is 0 Å². The minimum absolute atomic E-state index is 0.111. The third-order valence-corrected chi connectivity index (χ3v) is 3.55. The fourth-order valence-electron chi connectivity index (χ4n) is 2.78. The zero-order valence-corrected chi connectivity index (χ0v) is 10.3. The maximum Gasteiger partial charge on any atom is 0.0715 e. The first kappa shape index (κ1) is 11.6. The van der Waals surface area contributed by atoms with E-state index in [0.29, 0.717) is 12.0 Å². The highest BCUT2D eigenvalue weighted by atomic mass is 16.3. The number of hydrogen-bond donors (Lipinski definition) is 1. The lowest BCUT2D eigenvalue weighted by Gasteiger charge is -2.25. The van der Waals surface area contributed by atoms with Crippen molar-refractivity contribution in [2.24, 2.45) is 0 Å². The lowest BCUT2D eigenvalue weighted by molar-refractivity contribution is 0.277. The van der Waals surface area contributed by atoms with E-state index in [4.69, 9.17) is 0 Å². The van der Waals surface area contributed by atoms with Crippen molar-refractivity contribution in [3.05, 3.63) is 17.5 Å². The highest BCUT2D eigenvalue weighted by molar-refractivity contribution is 5.20. The van der Waals surface area contributed by atoms with Gasteiger partial charge in [-0.05, 0) is 18.8 Å². The summed E-state index contributed by atoms with van der Waals surface area (Å²) in [5.74, 6) is 0.437. The van der Waals surface area contributed by atoms with Gasteiger partial charge < -0.3 is 5.11 Å². The quantitative estimate of drug-likeness (QED) is 0.853. The van der Waals surface area contributed by atoms with E-state index in [0.717, 1.165) is 5.56 Å². The largest absolute Gasteiger partial charge is 0.392 e. The first-order valence-electron chi connectivity index (χ1n) is 6.41. The molecule has 0 atom stereocenters. The SMILES string of the molecule is CC(C)c1c(CO)cnn1C1CCCCC1. The van der Waals surface area contributed by atoms with Crippen LogP contribution in [0.15, 0.2) is 6.20 Å². The van der Waals surface area contributed by atoms with E-state index in [9.17, 15) is 5.11 Å². The molecule has 1 fully saturated rings. The molecule has 0 unspecified atom stereocenters. The van der Waals surface area contributed by atoms with Crippen LogP contribution >= 0.6 is 0 Å².